The molecule has 0 spiro atoms. The predicted octanol–water partition coefficient (Wildman–Crippen LogP) is 3.77. The number of carbonyl (C=O) groups is 1. The maximum absolute atomic E-state index is 12.4. The number of phenols is 1. The van der Waals surface area contributed by atoms with Crippen molar-refractivity contribution < 1.29 is 19.4 Å². The number of aromatic nitrogens is 2. The molecule has 0 bridgehead atoms. The molecule has 30 heavy (non-hydrogen) atoms. The van der Waals surface area contributed by atoms with Crippen LogP contribution in [-0.4, -0.2) is 27.8 Å². The highest BCUT2D eigenvalue weighted by molar-refractivity contribution is 7.15. The van der Waals surface area contributed by atoms with Gasteiger partial charge in [0.1, 0.15) is 24.0 Å². The molecule has 0 saturated heterocycles. The molecule has 2 aromatic carbocycles. The molecule has 8 nitrogen and oxygen atoms in total. The van der Waals surface area contributed by atoms with E-state index in [1.807, 2.05) is 36.4 Å². The van der Waals surface area contributed by atoms with Crippen LogP contribution >= 0.6 is 11.3 Å². The molecule has 1 heterocycles. The number of nitrogens with one attached hydrogen (secondary N) is 1. The van der Waals surface area contributed by atoms with Crippen molar-refractivity contribution >= 4 is 28.5 Å². The lowest BCUT2D eigenvalue weighted by molar-refractivity contribution is -0.112. The second-order valence-corrected chi connectivity index (χ2v) is 6.95. The Kier molecular flexibility index (Phi) is 6.97. The molecular formula is C21H18N4O4S. The molecule has 0 saturated carbocycles. The van der Waals surface area contributed by atoms with Crippen LogP contribution in [0.2, 0.25) is 0 Å². The monoisotopic (exact) mass is 422 g/mol. The number of phenolic OH excluding ortho intramolecular Hbond substituents is 1. The summed E-state index contributed by atoms with van der Waals surface area (Å²) in [7, 11) is 0. The van der Waals surface area contributed by atoms with E-state index in [0.717, 1.165) is 11.3 Å². The minimum atomic E-state index is -0.616. The molecule has 1 amide bonds. The Morgan fingerprint density at radius 3 is 2.77 bits per heavy atom. The van der Waals surface area contributed by atoms with Gasteiger partial charge in [0.25, 0.3) is 5.91 Å². The number of aromatic hydroxyl groups is 1. The zero-order valence-corrected chi connectivity index (χ0v) is 16.8. The van der Waals surface area contributed by atoms with Crippen molar-refractivity contribution in [3.05, 3.63) is 64.7 Å². The van der Waals surface area contributed by atoms with E-state index in [4.69, 9.17) is 9.47 Å². The SMILES string of the molecule is CCOc1cc(/C=C(/C#N)C(=O)Nc2nnc(COc3ccccc3)s2)ccc1O. The van der Waals surface area contributed by atoms with Crippen LogP contribution in [-0.2, 0) is 11.4 Å². The number of anilines is 1. The van der Waals surface area contributed by atoms with E-state index in [-0.39, 0.29) is 28.8 Å². The van der Waals surface area contributed by atoms with Gasteiger partial charge in [-0.05, 0) is 42.8 Å². The summed E-state index contributed by atoms with van der Waals surface area (Å²) < 4.78 is 10.9. The summed E-state index contributed by atoms with van der Waals surface area (Å²) in [6.07, 6.45) is 1.40. The van der Waals surface area contributed by atoms with Crippen LogP contribution < -0.4 is 14.8 Å². The molecule has 0 aliphatic carbocycles. The molecule has 3 rings (SSSR count). The van der Waals surface area contributed by atoms with Crippen LogP contribution in [0.15, 0.2) is 54.1 Å². The fourth-order valence-corrected chi connectivity index (χ4v) is 3.04. The standard InChI is InChI=1S/C21H18N4O4S/c1-2-28-18-11-14(8-9-17(18)26)10-15(12-22)20(27)23-21-25-24-19(30-21)13-29-16-6-4-3-5-7-16/h3-11,26H,2,13H2,1H3,(H,23,25,27)/b15-10-. The number of hydrogen-bond donors (Lipinski definition) is 2. The van der Waals surface area contributed by atoms with Gasteiger partial charge in [0.2, 0.25) is 5.13 Å². The predicted molar refractivity (Wildman–Crippen MR) is 112 cm³/mol. The summed E-state index contributed by atoms with van der Waals surface area (Å²) in [5.41, 5.74) is 0.414. The van der Waals surface area contributed by atoms with E-state index in [1.54, 1.807) is 19.1 Å². The highest BCUT2D eigenvalue weighted by Crippen LogP contribution is 2.28. The minimum Gasteiger partial charge on any atom is -0.504 e. The molecule has 3 aromatic rings. The quantitative estimate of drug-likeness (QED) is 0.419. The van der Waals surface area contributed by atoms with Crippen LogP contribution in [0.4, 0.5) is 5.13 Å². The van der Waals surface area contributed by atoms with Gasteiger partial charge in [0.05, 0.1) is 6.61 Å². The van der Waals surface area contributed by atoms with Crippen molar-refractivity contribution in [3.63, 3.8) is 0 Å². The zero-order chi connectivity index (χ0) is 21.3. The van der Waals surface area contributed by atoms with Gasteiger partial charge in [0.15, 0.2) is 16.5 Å². The summed E-state index contributed by atoms with van der Waals surface area (Å²) in [5.74, 6) is 0.343. The number of ether oxygens (including phenoxy) is 2. The largest absolute Gasteiger partial charge is 0.504 e. The number of hydrogen-bond acceptors (Lipinski definition) is 8. The molecule has 2 N–H and O–H groups in total. The van der Waals surface area contributed by atoms with Crippen molar-refractivity contribution in [2.45, 2.75) is 13.5 Å². The Labute approximate surface area is 177 Å². The Bertz CT molecular complexity index is 1090. The van der Waals surface area contributed by atoms with Gasteiger partial charge in [-0.25, -0.2) is 0 Å². The highest BCUT2D eigenvalue weighted by atomic mass is 32.1. The molecule has 152 valence electrons. The second-order valence-electron chi connectivity index (χ2n) is 5.89. The average molecular weight is 422 g/mol. The van der Waals surface area contributed by atoms with Crippen LogP contribution in [0.25, 0.3) is 6.08 Å². The third-order valence-corrected chi connectivity index (χ3v) is 4.56. The highest BCUT2D eigenvalue weighted by Gasteiger charge is 2.14. The first-order valence-corrected chi connectivity index (χ1v) is 9.80. The van der Waals surface area contributed by atoms with Crippen LogP contribution in [0.3, 0.4) is 0 Å². The fraction of sp³-hybridized carbons (Fsp3) is 0.143. The maximum Gasteiger partial charge on any atom is 0.268 e. The van der Waals surface area contributed by atoms with E-state index in [2.05, 4.69) is 15.5 Å². The lowest BCUT2D eigenvalue weighted by atomic mass is 10.1. The molecule has 0 atom stereocenters. The Morgan fingerprint density at radius 1 is 1.23 bits per heavy atom. The van der Waals surface area contributed by atoms with Gasteiger partial charge in [-0.15, -0.1) is 10.2 Å². The number of carbonyl (C=O) groups excluding carboxylic acids is 1. The third kappa shape index (κ3) is 5.56. The Hall–Kier alpha value is -3.90. The summed E-state index contributed by atoms with van der Waals surface area (Å²) in [6, 6.07) is 15.7. The molecule has 1 aromatic heterocycles. The first-order chi connectivity index (χ1) is 14.6. The minimum absolute atomic E-state index is 0.0175. The lowest BCUT2D eigenvalue weighted by Crippen LogP contribution is -2.13. The molecule has 0 fully saturated rings. The summed E-state index contributed by atoms with van der Waals surface area (Å²) in [6.45, 7) is 2.38. The van der Waals surface area contributed by atoms with Gasteiger partial charge in [-0.2, -0.15) is 5.26 Å². The first-order valence-electron chi connectivity index (χ1n) is 8.98. The molecule has 9 heteroatoms. The van der Waals surface area contributed by atoms with Crippen molar-refractivity contribution in [2.24, 2.45) is 0 Å². The lowest BCUT2D eigenvalue weighted by Gasteiger charge is -2.06. The molecule has 0 unspecified atom stereocenters. The first kappa shape index (κ1) is 20.8. The smallest absolute Gasteiger partial charge is 0.268 e. The average Bonchev–Trinajstić information content (AvgIpc) is 3.20. The zero-order valence-electron chi connectivity index (χ0n) is 16.0. The molecule has 0 aliphatic heterocycles. The summed E-state index contributed by atoms with van der Waals surface area (Å²) >= 11 is 1.16. The van der Waals surface area contributed by atoms with Gasteiger partial charge in [0, 0.05) is 0 Å². The van der Waals surface area contributed by atoms with Gasteiger partial charge < -0.3 is 14.6 Å². The number of para-hydroxylation sites is 1. The molecule has 0 radical (unpaired) electrons. The number of nitrogens with zero attached hydrogens (tertiary/aromatic N) is 3. The normalized spacial score (nSPS) is 10.9. The Balaban J connectivity index is 1.65. The third-order valence-electron chi connectivity index (χ3n) is 3.75. The fourth-order valence-electron chi connectivity index (χ4n) is 2.40. The van der Waals surface area contributed by atoms with E-state index in [9.17, 15) is 15.2 Å². The second kappa shape index (κ2) is 10.0. The number of amides is 1. The van der Waals surface area contributed by atoms with Gasteiger partial charge in [-0.3, -0.25) is 10.1 Å². The Morgan fingerprint density at radius 2 is 2.03 bits per heavy atom. The molecule has 0 aliphatic rings. The van der Waals surface area contributed by atoms with E-state index in [0.29, 0.717) is 22.9 Å². The van der Waals surface area contributed by atoms with E-state index in [1.165, 1.54) is 12.1 Å². The van der Waals surface area contributed by atoms with E-state index >= 15 is 0 Å². The number of nitriles is 1. The number of benzene rings is 2. The summed E-state index contributed by atoms with van der Waals surface area (Å²) in [5, 5.41) is 30.4. The van der Waals surface area contributed by atoms with Gasteiger partial charge >= 0.3 is 0 Å². The maximum atomic E-state index is 12.4. The van der Waals surface area contributed by atoms with Crippen LogP contribution in [0, 0.1) is 11.3 Å². The molecular weight excluding hydrogens is 404 g/mol. The van der Waals surface area contributed by atoms with Gasteiger partial charge in [-0.1, -0.05) is 35.6 Å². The van der Waals surface area contributed by atoms with Crippen molar-refractivity contribution in [1.29, 1.82) is 5.26 Å². The number of rotatable bonds is 8. The topological polar surface area (TPSA) is 117 Å². The van der Waals surface area contributed by atoms with Crippen molar-refractivity contribution in [3.8, 4) is 23.3 Å². The van der Waals surface area contributed by atoms with Crippen molar-refractivity contribution in [1.82, 2.24) is 10.2 Å². The van der Waals surface area contributed by atoms with E-state index < -0.39 is 5.91 Å². The van der Waals surface area contributed by atoms with Crippen LogP contribution in [0.5, 0.6) is 17.2 Å². The van der Waals surface area contributed by atoms with Crippen LogP contribution in [0.1, 0.15) is 17.5 Å². The summed E-state index contributed by atoms with van der Waals surface area (Å²) in [4.78, 5) is 12.4. The van der Waals surface area contributed by atoms with Crippen molar-refractivity contribution in [2.75, 3.05) is 11.9 Å².